The van der Waals surface area contributed by atoms with Crippen molar-refractivity contribution >= 4 is 29.1 Å². The number of hydrogen-bond acceptors (Lipinski definition) is 1. The SMILES string of the molecule is O=C(CCl)NC1(c2cc(Cl)ccc2F)CC1. The van der Waals surface area contributed by atoms with E-state index in [4.69, 9.17) is 23.2 Å². The third-order valence-electron chi connectivity index (χ3n) is 2.69. The standard InChI is InChI=1S/C11H10Cl2FNO/c12-6-10(16)15-11(3-4-11)8-5-7(13)1-2-9(8)14/h1-2,5H,3-4,6H2,(H,15,16). The van der Waals surface area contributed by atoms with Crippen molar-refractivity contribution in [2.24, 2.45) is 0 Å². The lowest BCUT2D eigenvalue weighted by molar-refractivity contribution is -0.119. The Balaban J connectivity index is 2.29. The van der Waals surface area contributed by atoms with Gasteiger partial charge < -0.3 is 5.32 Å². The molecule has 2 nitrogen and oxygen atoms in total. The van der Waals surface area contributed by atoms with Gasteiger partial charge in [-0.25, -0.2) is 4.39 Å². The zero-order valence-corrected chi connectivity index (χ0v) is 9.91. The van der Waals surface area contributed by atoms with Crippen molar-refractivity contribution in [2.45, 2.75) is 18.4 Å². The number of nitrogens with one attached hydrogen (secondary N) is 1. The van der Waals surface area contributed by atoms with Gasteiger partial charge in [-0.1, -0.05) is 11.6 Å². The second-order valence-electron chi connectivity index (χ2n) is 3.89. The number of carbonyl (C=O) groups is 1. The third-order valence-corrected chi connectivity index (χ3v) is 3.17. The first-order chi connectivity index (χ1) is 7.57. The predicted molar refractivity (Wildman–Crippen MR) is 61.2 cm³/mol. The summed E-state index contributed by atoms with van der Waals surface area (Å²) in [6.45, 7) is 0. The van der Waals surface area contributed by atoms with Gasteiger partial charge in [0.2, 0.25) is 5.91 Å². The number of rotatable bonds is 3. The Bertz CT molecular complexity index is 432. The van der Waals surface area contributed by atoms with Gasteiger partial charge in [0, 0.05) is 10.6 Å². The fourth-order valence-corrected chi connectivity index (χ4v) is 1.99. The van der Waals surface area contributed by atoms with E-state index in [1.807, 2.05) is 0 Å². The molecule has 1 aromatic carbocycles. The molecule has 0 bridgehead atoms. The van der Waals surface area contributed by atoms with Crippen LogP contribution in [0, 0.1) is 5.82 Å². The van der Waals surface area contributed by atoms with Gasteiger partial charge >= 0.3 is 0 Å². The smallest absolute Gasteiger partial charge is 0.235 e. The van der Waals surface area contributed by atoms with E-state index in [0.717, 1.165) is 0 Å². The van der Waals surface area contributed by atoms with Gasteiger partial charge in [0.25, 0.3) is 0 Å². The van der Waals surface area contributed by atoms with Crippen LogP contribution in [0.15, 0.2) is 18.2 Å². The zero-order chi connectivity index (χ0) is 11.8. The fraction of sp³-hybridized carbons (Fsp3) is 0.364. The third kappa shape index (κ3) is 2.15. The van der Waals surface area contributed by atoms with E-state index >= 15 is 0 Å². The zero-order valence-electron chi connectivity index (χ0n) is 8.40. The highest BCUT2D eigenvalue weighted by Gasteiger charge is 2.47. The lowest BCUT2D eigenvalue weighted by Crippen LogP contribution is -2.36. The molecule has 1 amide bonds. The molecule has 86 valence electrons. The molecule has 0 aliphatic heterocycles. The average molecular weight is 262 g/mol. The van der Waals surface area contributed by atoms with Gasteiger partial charge in [-0.3, -0.25) is 4.79 Å². The van der Waals surface area contributed by atoms with Crippen LogP contribution in [0.1, 0.15) is 18.4 Å². The maximum atomic E-state index is 13.6. The Labute approximate surface area is 103 Å². The summed E-state index contributed by atoms with van der Waals surface area (Å²) in [5, 5.41) is 3.19. The van der Waals surface area contributed by atoms with E-state index in [1.54, 1.807) is 6.07 Å². The van der Waals surface area contributed by atoms with Crippen LogP contribution in [0.4, 0.5) is 4.39 Å². The molecule has 1 aromatic rings. The highest BCUT2D eigenvalue weighted by Crippen LogP contribution is 2.47. The number of amides is 1. The van der Waals surface area contributed by atoms with E-state index in [2.05, 4.69) is 5.32 Å². The maximum absolute atomic E-state index is 13.6. The van der Waals surface area contributed by atoms with Crippen LogP contribution in [0.5, 0.6) is 0 Å². The van der Waals surface area contributed by atoms with E-state index < -0.39 is 5.54 Å². The molecule has 0 spiro atoms. The summed E-state index contributed by atoms with van der Waals surface area (Å²) in [6.07, 6.45) is 1.43. The second kappa shape index (κ2) is 4.22. The molecule has 16 heavy (non-hydrogen) atoms. The van der Waals surface area contributed by atoms with Crippen LogP contribution in [0.25, 0.3) is 0 Å². The molecule has 5 heteroatoms. The van der Waals surface area contributed by atoms with Crippen molar-refractivity contribution < 1.29 is 9.18 Å². The van der Waals surface area contributed by atoms with Gasteiger partial charge in [0.1, 0.15) is 11.7 Å². The first-order valence-corrected chi connectivity index (χ1v) is 5.81. The molecule has 0 atom stereocenters. The quantitative estimate of drug-likeness (QED) is 0.834. The summed E-state index contributed by atoms with van der Waals surface area (Å²) >= 11 is 11.2. The molecule has 0 radical (unpaired) electrons. The van der Waals surface area contributed by atoms with Crippen LogP contribution < -0.4 is 5.32 Å². The van der Waals surface area contributed by atoms with Crippen molar-refractivity contribution in [3.63, 3.8) is 0 Å². The minimum atomic E-state index is -0.596. The van der Waals surface area contributed by atoms with Crippen LogP contribution in [0.3, 0.4) is 0 Å². The molecular weight excluding hydrogens is 252 g/mol. The van der Waals surface area contributed by atoms with Crippen LogP contribution >= 0.6 is 23.2 Å². The first-order valence-electron chi connectivity index (χ1n) is 4.90. The minimum Gasteiger partial charge on any atom is -0.345 e. The lowest BCUT2D eigenvalue weighted by Gasteiger charge is -2.18. The molecule has 1 aliphatic rings. The van der Waals surface area contributed by atoms with Crippen molar-refractivity contribution in [3.05, 3.63) is 34.6 Å². The Morgan fingerprint density at radius 1 is 1.50 bits per heavy atom. The Morgan fingerprint density at radius 2 is 2.19 bits per heavy atom. The largest absolute Gasteiger partial charge is 0.345 e. The summed E-state index contributed by atoms with van der Waals surface area (Å²) in [7, 11) is 0. The predicted octanol–water partition coefficient (Wildman–Crippen LogP) is 2.82. The highest BCUT2D eigenvalue weighted by atomic mass is 35.5. The molecule has 1 N–H and O–H groups in total. The average Bonchev–Trinajstić information content (AvgIpc) is 3.02. The Hall–Kier alpha value is -0.800. The Morgan fingerprint density at radius 3 is 2.75 bits per heavy atom. The summed E-state index contributed by atoms with van der Waals surface area (Å²) in [5.74, 6) is -0.764. The lowest BCUT2D eigenvalue weighted by atomic mass is 10.0. The summed E-state index contributed by atoms with van der Waals surface area (Å²) in [4.78, 5) is 11.2. The summed E-state index contributed by atoms with van der Waals surface area (Å²) < 4.78 is 13.6. The molecule has 1 fully saturated rings. The van der Waals surface area contributed by atoms with Crippen LogP contribution in [-0.2, 0) is 10.3 Å². The first kappa shape index (κ1) is 11.7. The Kier molecular flexibility index (Phi) is 3.08. The van der Waals surface area contributed by atoms with Crippen LogP contribution in [0.2, 0.25) is 5.02 Å². The van der Waals surface area contributed by atoms with E-state index in [-0.39, 0.29) is 17.6 Å². The number of hydrogen-bond donors (Lipinski definition) is 1. The molecule has 0 saturated heterocycles. The van der Waals surface area contributed by atoms with Crippen molar-refractivity contribution in [1.82, 2.24) is 5.32 Å². The van der Waals surface area contributed by atoms with Crippen LogP contribution in [-0.4, -0.2) is 11.8 Å². The molecule has 0 aromatic heterocycles. The number of halogens is 3. The second-order valence-corrected chi connectivity index (χ2v) is 4.59. The number of benzene rings is 1. The highest BCUT2D eigenvalue weighted by molar-refractivity contribution is 6.30. The monoisotopic (exact) mass is 261 g/mol. The van der Waals surface area contributed by atoms with Crippen molar-refractivity contribution in [1.29, 1.82) is 0 Å². The van der Waals surface area contributed by atoms with Gasteiger partial charge in [0.05, 0.1) is 5.54 Å². The molecule has 1 saturated carbocycles. The van der Waals surface area contributed by atoms with Gasteiger partial charge in [-0.05, 0) is 31.0 Å². The topological polar surface area (TPSA) is 29.1 Å². The minimum absolute atomic E-state index is 0.121. The van der Waals surface area contributed by atoms with Gasteiger partial charge in [-0.15, -0.1) is 11.6 Å². The number of alkyl halides is 1. The van der Waals surface area contributed by atoms with E-state index in [9.17, 15) is 9.18 Å². The maximum Gasteiger partial charge on any atom is 0.235 e. The summed E-state index contributed by atoms with van der Waals surface area (Å²) in [5.41, 5.74) is -0.153. The van der Waals surface area contributed by atoms with E-state index in [1.165, 1.54) is 12.1 Å². The molecule has 1 aliphatic carbocycles. The molecule has 0 unspecified atom stereocenters. The molecule has 2 rings (SSSR count). The van der Waals surface area contributed by atoms with Crippen molar-refractivity contribution in [3.8, 4) is 0 Å². The van der Waals surface area contributed by atoms with Gasteiger partial charge in [0.15, 0.2) is 0 Å². The molecular formula is C11H10Cl2FNO. The fourth-order valence-electron chi connectivity index (χ4n) is 1.75. The number of carbonyl (C=O) groups excluding carboxylic acids is 1. The van der Waals surface area contributed by atoms with Crippen molar-refractivity contribution in [2.75, 3.05) is 5.88 Å². The summed E-state index contributed by atoms with van der Waals surface area (Å²) in [6, 6.07) is 4.35. The van der Waals surface area contributed by atoms with Gasteiger partial charge in [-0.2, -0.15) is 0 Å². The van der Waals surface area contributed by atoms with E-state index in [0.29, 0.717) is 23.4 Å². The normalized spacial score (nSPS) is 16.9. The molecule has 0 heterocycles.